The molecule has 2 aromatic rings. The van der Waals surface area contributed by atoms with E-state index in [9.17, 15) is 4.79 Å². The van der Waals surface area contributed by atoms with Crippen LogP contribution < -0.4 is 14.9 Å². The fourth-order valence-electron chi connectivity index (χ4n) is 3.27. The van der Waals surface area contributed by atoms with Gasteiger partial charge in [0.05, 0.1) is 26.4 Å². The number of rotatable bonds is 8. The second-order valence-corrected chi connectivity index (χ2v) is 6.29. The first-order chi connectivity index (χ1) is 13.1. The molecule has 0 bridgehead atoms. The minimum absolute atomic E-state index is 0.149. The normalized spacial score (nSPS) is 21.1. The highest BCUT2D eigenvalue weighted by atomic mass is 16.5. The number of amides is 1. The molecule has 1 aliphatic carbocycles. The van der Waals surface area contributed by atoms with Crippen LogP contribution in [0.15, 0.2) is 53.6 Å². The fourth-order valence-corrected chi connectivity index (χ4v) is 3.27. The highest BCUT2D eigenvalue weighted by molar-refractivity contribution is 5.86. The zero-order chi connectivity index (χ0) is 19.3. The number of benzene rings is 2. The lowest BCUT2D eigenvalue weighted by molar-refractivity contribution is -0.124. The number of carbonyl (C=O) groups excluding carboxylic acids is 1. The molecule has 1 fully saturated rings. The van der Waals surface area contributed by atoms with Gasteiger partial charge in [-0.1, -0.05) is 30.3 Å². The van der Waals surface area contributed by atoms with Crippen LogP contribution in [0.1, 0.15) is 24.5 Å². The number of hydrogen-bond donors (Lipinski definition) is 1. The van der Waals surface area contributed by atoms with Crippen molar-refractivity contribution >= 4 is 12.1 Å². The molecule has 1 N–H and O–H groups in total. The molecule has 6 nitrogen and oxygen atoms in total. The summed E-state index contributed by atoms with van der Waals surface area (Å²) in [6.45, 7) is 2.49. The maximum absolute atomic E-state index is 12.5. The average molecular weight is 368 g/mol. The van der Waals surface area contributed by atoms with Crippen molar-refractivity contribution in [3.8, 4) is 11.5 Å². The molecule has 27 heavy (non-hydrogen) atoms. The van der Waals surface area contributed by atoms with Crippen molar-refractivity contribution in [2.45, 2.75) is 18.9 Å². The summed E-state index contributed by atoms with van der Waals surface area (Å²) in [6.07, 6.45) is 2.23. The third-order valence-corrected chi connectivity index (χ3v) is 4.69. The number of nitrogens with one attached hydrogen (secondary N) is 1. The van der Waals surface area contributed by atoms with Crippen molar-refractivity contribution in [1.82, 2.24) is 5.43 Å². The van der Waals surface area contributed by atoms with E-state index in [-0.39, 0.29) is 11.8 Å². The number of hydrogen-bond acceptors (Lipinski definition) is 5. The van der Waals surface area contributed by atoms with Gasteiger partial charge in [-0.15, -0.1) is 0 Å². The molecule has 1 amide bonds. The second-order valence-electron chi connectivity index (χ2n) is 6.29. The van der Waals surface area contributed by atoms with Crippen LogP contribution in [0.25, 0.3) is 0 Å². The molecular formula is C21H24N2O4. The lowest BCUT2D eigenvalue weighted by Crippen LogP contribution is -2.26. The smallest absolute Gasteiger partial charge is 0.246 e. The van der Waals surface area contributed by atoms with Gasteiger partial charge in [0.15, 0.2) is 11.5 Å². The Kier molecular flexibility index (Phi) is 5.76. The van der Waals surface area contributed by atoms with Crippen LogP contribution in [0.2, 0.25) is 0 Å². The van der Waals surface area contributed by atoms with E-state index in [0.29, 0.717) is 24.5 Å². The highest BCUT2D eigenvalue weighted by Crippen LogP contribution is 2.55. The van der Waals surface area contributed by atoms with Gasteiger partial charge in [-0.3, -0.25) is 4.79 Å². The summed E-state index contributed by atoms with van der Waals surface area (Å²) < 4.78 is 16.4. The van der Waals surface area contributed by atoms with Crippen LogP contribution in [0.5, 0.6) is 11.5 Å². The number of hydrazone groups is 1. The molecule has 0 spiro atoms. The monoisotopic (exact) mass is 368 g/mol. The van der Waals surface area contributed by atoms with Gasteiger partial charge in [0, 0.05) is 6.61 Å². The zero-order valence-corrected chi connectivity index (χ0v) is 15.8. The lowest BCUT2D eigenvalue weighted by Gasteiger charge is -2.17. The van der Waals surface area contributed by atoms with Gasteiger partial charge in [0.2, 0.25) is 5.91 Å². The van der Waals surface area contributed by atoms with Crippen LogP contribution in [-0.2, 0) is 15.1 Å². The van der Waals surface area contributed by atoms with E-state index in [0.717, 1.165) is 11.1 Å². The van der Waals surface area contributed by atoms with E-state index in [4.69, 9.17) is 14.2 Å². The number of methoxy groups -OCH3 is 2. The summed E-state index contributed by atoms with van der Waals surface area (Å²) in [4.78, 5) is 12.5. The molecule has 1 aliphatic rings. The van der Waals surface area contributed by atoms with E-state index >= 15 is 0 Å². The van der Waals surface area contributed by atoms with Crippen LogP contribution in [0.3, 0.4) is 0 Å². The largest absolute Gasteiger partial charge is 0.493 e. The Morgan fingerprint density at radius 1 is 1.19 bits per heavy atom. The summed E-state index contributed by atoms with van der Waals surface area (Å²) in [7, 11) is 3.16. The Labute approximate surface area is 159 Å². The van der Waals surface area contributed by atoms with Gasteiger partial charge in [-0.05, 0) is 42.7 Å². The minimum Gasteiger partial charge on any atom is -0.493 e. The molecule has 0 aliphatic heterocycles. The van der Waals surface area contributed by atoms with E-state index in [1.807, 2.05) is 43.3 Å². The molecule has 6 heteroatoms. The first kappa shape index (κ1) is 18.9. The van der Waals surface area contributed by atoms with Gasteiger partial charge >= 0.3 is 0 Å². The van der Waals surface area contributed by atoms with Crippen LogP contribution in [0.4, 0.5) is 0 Å². The number of carbonyl (C=O) groups is 1. The second kappa shape index (κ2) is 8.22. The molecule has 2 atom stereocenters. The Balaban J connectivity index is 1.65. The third kappa shape index (κ3) is 3.95. The van der Waals surface area contributed by atoms with E-state index in [1.165, 1.54) is 0 Å². The maximum Gasteiger partial charge on any atom is 0.246 e. The van der Waals surface area contributed by atoms with Crippen molar-refractivity contribution in [3.63, 3.8) is 0 Å². The first-order valence-corrected chi connectivity index (χ1v) is 8.89. The summed E-state index contributed by atoms with van der Waals surface area (Å²) >= 11 is 0. The molecular weight excluding hydrogens is 344 g/mol. The summed E-state index contributed by atoms with van der Waals surface area (Å²) in [5.74, 6) is 0.849. The van der Waals surface area contributed by atoms with Crippen molar-refractivity contribution in [3.05, 3.63) is 59.7 Å². The average Bonchev–Trinajstić information content (AvgIpc) is 3.44. The quantitative estimate of drug-likeness (QED) is 0.574. The molecule has 0 heterocycles. The summed E-state index contributed by atoms with van der Waals surface area (Å²) in [6, 6.07) is 15.3. The molecule has 0 saturated heterocycles. The van der Waals surface area contributed by atoms with Gasteiger partial charge in [0.1, 0.15) is 5.60 Å². The highest BCUT2D eigenvalue weighted by Gasteiger charge is 2.60. The SMILES string of the molecule is CCO[C@]1(c2ccccc2)C[C@@H]1C(=O)NN=Cc1ccc(OC)c(OC)c1. The molecule has 0 aromatic heterocycles. The number of ether oxygens (including phenoxy) is 3. The van der Waals surface area contributed by atoms with Crippen LogP contribution in [-0.4, -0.2) is 32.9 Å². The molecule has 142 valence electrons. The topological polar surface area (TPSA) is 69.2 Å². The lowest BCUT2D eigenvalue weighted by atomic mass is 10.1. The Morgan fingerprint density at radius 3 is 2.59 bits per heavy atom. The molecule has 2 aromatic carbocycles. The van der Waals surface area contributed by atoms with E-state index < -0.39 is 5.60 Å². The Hall–Kier alpha value is -2.86. The predicted octanol–water partition coefficient (Wildman–Crippen LogP) is 3.11. The molecule has 0 unspecified atom stereocenters. The Morgan fingerprint density at radius 2 is 1.93 bits per heavy atom. The van der Waals surface area contributed by atoms with Gasteiger partial charge < -0.3 is 14.2 Å². The standard InChI is InChI=1S/C21H24N2O4/c1-4-27-21(16-8-6-5-7-9-16)13-17(21)20(24)23-22-14-15-10-11-18(25-2)19(12-15)26-3/h5-12,14,17H,4,13H2,1-3H3,(H,23,24)/t17-,21+/m1/s1. The third-order valence-electron chi connectivity index (χ3n) is 4.69. The minimum atomic E-state index is -0.543. The zero-order valence-electron chi connectivity index (χ0n) is 15.8. The first-order valence-electron chi connectivity index (χ1n) is 8.89. The predicted molar refractivity (Wildman–Crippen MR) is 103 cm³/mol. The van der Waals surface area contributed by atoms with Crippen molar-refractivity contribution < 1.29 is 19.0 Å². The molecule has 0 radical (unpaired) electrons. The van der Waals surface area contributed by atoms with Crippen LogP contribution >= 0.6 is 0 Å². The van der Waals surface area contributed by atoms with Crippen molar-refractivity contribution in [1.29, 1.82) is 0 Å². The van der Waals surface area contributed by atoms with Crippen molar-refractivity contribution in [2.24, 2.45) is 11.0 Å². The van der Waals surface area contributed by atoms with E-state index in [2.05, 4.69) is 10.5 Å². The summed E-state index contributed by atoms with van der Waals surface area (Å²) in [5.41, 5.74) is 3.90. The maximum atomic E-state index is 12.5. The number of nitrogens with zero attached hydrogens (tertiary/aromatic N) is 1. The van der Waals surface area contributed by atoms with Crippen molar-refractivity contribution in [2.75, 3.05) is 20.8 Å². The molecule has 3 rings (SSSR count). The van der Waals surface area contributed by atoms with Gasteiger partial charge in [-0.25, -0.2) is 5.43 Å². The molecule has 1 saturated carbocycles. The summed E-state index contributed by atoms with van der Waals surface area (Å²) in [5, 5.41) is 4.08. The van der Waals surface area contributed by atoms with E-state index in [1.54, 1.807) is 32.6 Å². The van der Waals surface area contributed by atoms with Crippen LogP contribution in [0, 0.1) is 5.92 Å². The van der Waals surface area contributed by atoms with Gasteiger partial charge in [0.25, 0.3) is 0 Å². The Bertz CT molecular complexity index is 822. The van der Waals surface area contributed by atoms with Gasteiger partial charge in [-0.2, -0.15) is 5.10 Å². The fraction of sp³-hybridized carbons (Fsp3) is 0.333.